The smallest absolute Gasteiger partial charge is 0.168 e. The van der Waals surface area contributed by atoms with Gasteiger partial charge in [0.05, 0.1) is 0 Å². The Balaban J connectivity index is 2.21. The average molecular weight is 226 g/mol. The highest BCUT2D eigenvalue weighted by atomic mass is 32.1. The van der Waals surface area contributed by atoms with Crippen molar-refractivity contribution in [2.45, 2.75) is 33.6 Å². The van der Waals surface area contributed by atoms with Gasteiger partial charge < -0.3 is 10.2 Å². The summed E-state index contributed by atoms with van der Waals surface area (Å²) in [7, 11) is 1.92. The minimum absolute atomic E-state index is 0.441. The van der Waals surface area contributed by atoms with Crippen molar-refractivity contribution in [1.82, 2.24) is 10.2 Å². The molecule has 2 aliphatic rings. The maximum atomic E-state index is 5.35. The molecule has 2 rings (SSSR count). The lowest BCUT2D eigenvalue weighted by Gasteiger charge is -2.51. The van der Waals surface area contributed by atoms with Gasteiger partial charge in [0, 0.05) is 20.1 Å². The van der Waals surface area contributed by atoms with E-state index in [1.165, 1.54) is 12.8 Å². The topological polar surface area (TPSA) is 15.3 Å². The lowest BCUT2D eigenvalue weighted by Crippen LogP contribution is -2.55. The number of nitrogens with zero attached hydrogens (tertiary/aromatic N) is 1. The number of nitrogens with one attached hydrogen (secondary N) is 1. The normalized spacial score (nSPS) is 37.9. The molecule has 0 spiro atoms. The minimum Gasteiger partial charge on any atom is -0.366 e. The van der Waals surface area contributed by atoms with Crippen LogP contribution in [-0.4, -0.2) is 30.1 Å². The molecule has 2 fully saturated rings. The SMILES string of the molecule is CNC(=S)N1CC2CCC(C)(C1)C2(C)C. The highest BCUT2D eigenvalue weighted by Gasteiger charge is 2.55. The Hall–Kier alpha value is -0.310. The van der Waals surface area contributed by atoms with Gasteiger partial charge in [-0.3, -0.25) is 0 Å². The van der Waals surface area contributed by atoms with Gasteiger partial charge >= 0.3 is 0 Å². The maximum absolute atomic E-state index is 5.35. The standard InChI is InChI=1S/C12H22N2S/c1-11(2)9-5-6-12(11,3)8-14(7-9)10(15)13-4/h9H,5-8H2,1-4H3,(H,13,15). The van der Waals surface area contributed by atoms with Gasteiger partial charge in [0.1, 0.15) is 0 Å². The zero-order valence-corrected chi connectivity index (χ0v) is 11.1. The summed E-state index contributed by atoms with van der Waals surface area (Å²) in [6, 6.07) is 0. The van der Waals surface area contributed by atoms with Crippen molar-refractivity contribution in [3.05, 3.63) is 0 Å². The maximum Gasteiger partial charge on any atom is 0.168 e. The lowest BCUT2D eigenvalue weighted by atomic mass is 9.63. The second kappa shape index (κ2) is 3.34. The summed E-state index contributed by atoms with van der Waals surface area (Å²) in [5.74, 6) is 0.808. The minimum atomic E-state index is 0.441. The van der Waals surface area contributed by atoms with E-state index >= 15 is 0 Å². The van der Waals surface area contributed by atoms with Gasteiger partial charge in [-0.25, -0.2) is 0 Å². The molecule has 1 aliphatic carbocycles. The summed E-state index contributed by atoms with van der Waals surface area (Å²) in [5, 5.41) is 4.03. The molecule has 2 unspecified atom stereocenters. The number of thiocarbonyl (C=S) groups is 1. The van der Waals surface area contributed by atoms with E-state index in [2.05, 4.69) is 31.0 Å². The molecule has 0 amide bonds. The molecule has 15 heavy (non-hydrogen) atoms. The van der Waals surface area contributed by atoms with Crippen LogP contribution in [-0.2, 0) is 0 Å². The summed E-state index contributed by atoms with van der Waals surface area (Å²) in [4.78, 5) is 2.36. The van der Waals surface area contributed by atoms with Crippen LogP contribution in [0.2, 0.25) is 0 Å². The number of likely N-dealkylation sites (tertiary alicyclic amines) is 1. The first-order valence-corrected chi connectivity index (χ1v) is 6.28. The Kier molecular flexibility index (Phi) is 2.49. The Morgan fingerprint density at radius 3 is 2.60 bits per heavy atom. The van der Waals surface area contributed by atoms with Gasteiger partial charge in [0.25, 0.3) is 0 Å². The fraction of sp³-hybridized carbons (Fsp3) is 0.917. The zero-order valence-electron chi connectivity index (χ0n) is 10.3. The number of hydrogen-bond donors (Lipinski definition) is 1. The molecule has 0 aromatic rings. The molecule has 1 saturated heterocycles. The molecule has 1 aliphatic heterocycles. The van der Waals surface area contributed by atoms with E-state index in [0.717, 1.165) is 24.1 Å². The van der Waals surface area contributed by atoms with Crippen molar-refractivity contribution in [1.29, 1.82) is 0 Å². The third-order valence-corrected chi connectivity index (χ3v) is 5.56. The van der Waals surface area contributed by atoms with Crippen LogP contribution in [0.5, 0.6) is 0 Å². The lowest BCUT2D eigenvalue weighted by molar-refractivity contribution is 0.0110. The van der Waals surface area contributed by atoms with Crippen LogP contribution in [0.4, 0.5) is 0 Å². The fourth-order valence-electron chi connectivity index (χ4n) is 3.34. The van der Waals surface area contributed by atoms with E-state index in [1.54, 1.807) is 0 Å². The molecule has 86 valence electrons. The first-order valence-electron chi connectivity index (χ1n) is 5.87. The molecule has 0 aromatic heterocycles. The Bertz CT molecular complexity index is 287. The third kappa shape index (κ3) is 1.47. The van der Waals surface area contributed by atoms with Crippen LogP contribution in [0.15, 0.2) is 0 Å². The largest absolute Gasteiger partial charge is 0.366 e. The summed E-state index contributed by atoms with van der Waals surface area (Å²) < 4.78 is 0. The Morgan fingerprint density at radius 1 is 1.40 bits per heavy atom. The van der Waals surface area contributed by atoms with Gasteiger partial charge in [-0.1, -0.05) is 20.8 Å². The predicted octanol–water partition coefficient (Wildman–Crippen LogP) is 2.25. The molecule has 2 nitrogen and oxygen atoms in total. The van der Waals surface area contributed by atoms with Crippen LogP contribution in [0.3, 0.4) is 0 Å². The molecule has 2 bridgehead atoms. The Labute approximate surface area is 98.4 Å². The van der Waals surface area contributed by atoms with Crippen LogP contribution >= 0.6 is 12.2 Å². The van der Waals surface area contributed by atoms with E-state index in [1.807, 2.05) is 7.05 Å². The molecule has 3 heteroatoms. The molecular weight excluding hydrogens is 204 g/mol. The van der Waals surface area contributed by atoms with E-state index < -0.39 is 0 Å². The molecule has 0 aromatic carbocycles. The second-order valence-electron chi connectivity index (χ2n) is 5.95. The van der Waals surface area contributed by atoms with Gasteiger partial charge in [-0.05, 0) is 41.8 Å². The van der Waals surface area contributed by atoms with Crippen LogP contribution in [0.1, 0.15) is 33.6 Å². The Morgan fingerprint density at radius 2 is 2.07 bits per heavy atom. The van der Waals surface area contributed by atoms with Crippen molar-refractivity contribution in [3.63, 3.8) is 0 Å². The van der Waals surface area contributed by atoms with Gasteiger partial charge in [0.2, 0.25) is 0 Å². The molecular formula is C12H22N2S. The van der Waals surface area contributed by atoms with Crippen molar-refractivity contribution in [2.24, 2.45) is 16.7 Å². The zero-order chi connectivity index (χ0) is 11.3. The fourth-order valence-corrected chi connectivity index (χ4v) is 3.47. The van der Waals surface area contributed by atoms with Crippen molar-refractivity contribution in [2.75, 3.05) is 20.1 Å². The second-order valence-corrected chi connectivity index (χ2v) is 6.34. The van der Waals surface area contributed by atoms with E-state index in [4.69, 9.17) is 12.2 Å². The number of rotatable bonds is 0. The van der Waals surface area contributed by atoms with Crippen LogP contribution in [0, 0.1) is 16.7 Å². The average Bonchev–Trinajstić information content (AvgIpc) is 2.38. The molecule has 1 heterocycles. The van der Waals surface area contributed by atoms with Gasteiger partial charge in [0.15, 0.2) is 5.11 Å². The molecule has 2 atom stereocenters. The summed E-state index contributed by atoms with van der Waals surface area (Å²) in [6.07, 6.45) is 2.72. The monoisotopic (exact) mass is 226 g/mol. The van der Waals surface area contributed by atoms with Crippen molar-refractivity contribution >= 4 is 17.3 Å². The summed E-state index contributed by atoms with van der Waals surface area (Å²) >= 11 is 5.35. The first kappa shape index (κ1) is 11.2. The quantitative estimate of drug-likeness (QED) is 0.638. The number of hydrogen-bond acceptors (Lipinski definition) is 1. The highest BCUT2D eigenvalue weighted by Crippen LogP contribution is 2.58. The van der Waals surface area contributed by atoms with Gasteiger partial charge in [-0.15, -0.1) is 0 Å². The number of fused-ring (bicyclic) bond motifs is 2. The highest BCUT2D eigenvalue weighted by molar-refractivity contribution is 7.80. The molecule has 1 N–H and O–H groups in total. The third-order valence-electron chi connectivity index (χ3n) is 5.10. The van der Waals surface area contributed by atoms with Crippen LogP contribution in [0.25, 0.3) is 0 Å². The predicted molar refractivity (Wildman–Crippen MR) is 67.8 cm³/mol. The van der Waals surface area contributed by atoms with E-state index in [9.17, 15) is 0 Å². The van der Waals surface area contributed by atoms with Crippen LogP contribution < -0.4 is 5.32 Å². The molecule has 1 saturated carbocycles. The van der Waals surface area contributed by atoms with Crippen molar-refractivity contribution in [3.8, 4) is 0 Å². The first-order chi connectivity index (χ1) is 6.90. The summed E-state index contributed by atoms with van der Waals surface area (Å²) in [6.45, 7) is 9.56. The van der Waals surface area contributed by atoms with E-state index in [0.29, 0.717) is 10.8 Å². The molecule has 0 radical (unpaired) electrons. The number of piperidine rings is 1. The van der Waals surface area contributed by atoms with Crippen molar-refractivity contribution < 1.29 is 0 Å². The summed E-state index contributed by atoms with van der Waals surface area (Å²) in [5.41, 5.74) is 0.920. The van der Waals surface area contributed by atoms with Gasteiger partial charge in [-0.2, -0.15) is 0 Å². The van der Waals surface area contributed by atoms with E-state index in [-0.39, 0.29) is 0 Å².